The minimum atomic E-state index is -0.308. The summed E-state index contributed by atoms with van der Waals surface area (Å²) in [5.74, 6) is 1.38. The van der Waals surface area contributed by atoms with Crippen molar-refractivity contribution in [1.29, 1.82) is 0 Å². The van der Waals surface area contributed by atoms with Gasteiger partial charge in [-0.1, -0.05) is 42.8 Å². The molecular weight excluding hydrogens is 385 g/mol. The monoisotopic (exact) mass is 411 g/mol. The van der Waals surface area contributed by atoms with Gasteiger partial charge < -0.3 is 14.2 Å². The Hall–Kier alpha value is -3.22. The van der Waals surface area contributed by atoms with E-state index in [4.69, 9.17) is 9.26 Å². The van der Waals surface area contributed by atoms with Gasteiger partial charge in [0.2, 0.25) is 17.6 Å². The molecule has 0 N–H and O–H groups in total. The highest BCUT2D eigenvalue weighted by Gasteiger charge is 2.16. The Bertz CT molecular complexity index is 956. The molecule has 0 radical (unpaired) electrons. The Morgan fingerprint density at radius 2 is 1.97 bits per heavy atom. The van der Waals surface area contributed by atoms with E-state index >= 15 is 0 Å². The second kappa shape index (κ2) is 10.5. The quantitative estimate of drug-likeness (QED) is 0.498. The summed E-state index contributed by atoms with van der Waals surface area (Å²) in [5, 5.41) is 4.04. The molecule has 0 unspecified atom stereocenters. The fraction of sp³-hybridized carbons (Fsp3) is 0.348. The first-order chi connectivity index (χ1) is 14.6. The Balaban J connectivity index is 1.63. The Labute approximate surface area is 175 Å². The van der Waals surface area contributed by atoms with Crippen LogP contribution in [-0.4, -0.2) is 41.1 Å². The number of methoxy groups -OCH3 is 1. The normalized spacial score (nSPS) is 10.8. The first-order valence-electron chi connectivity index (χ1n) is 10.1. The molecular formula is C23H26FN3O3. The molecule has 2 aromatic carbocycles. The molecule has 7 heteroatoms. The van der Waals surface area contributed by atoms with Crippen LogP contribution in [0.25, 0.3) is 11.4 Å². The van der Waals surface area contributed by atoms with Crippen LogP contribution < -0.4 is 4.74 Å². The van der Waals surface area contributed by atoms with Crippen molar-refractivity contribution in [1.82, 2.24) is 15.0 Å². The Morgan fingerprint density at radius 1 is 1.17 bits per heavy atom. The summed E-state index contributed by atoms with van der Waals surface area (Å²) in [4.78, 5) is 19.0. The number of ether oxygens (including phenoxy) is 1. The van der Waals surface area contributed by atoms with E-state index in [9.17, 15) is 9.18 Å². The summed E-state index contributed by atoms with van der Waals surface area (Å²) in [6.07, 6.45) is 2.60. The maximum absolute atomic E-state index is 13.1. The minimum absolute atomic E-state index is 0.00240. The van der Waals surface area contributed by atoms with Crippen molar-refractivity contribution in [3.63, 3.8) is 0 Å². The van der Waals surface area contributed by atoms with Crippen molar-refractivity contribution in [3.05, 3.63) is 65.8 Å². The fourth-order valence-corrected chi connectivity index (χ4v) is 3.07. The number of carbonyl (C=O) groups is 1. The van der Waals surface area contributed by atoms with E-state index in [2.05, 4.69) is 17.1 Å². The fourth-order valence-electron chi connectivity index (χ4n) is 3.07. The molecule has 0 aliphatic carbocycles. The lowest BCUT2D eigenvalue weighted by molar-refractivity contribution is -0.130. The molecule has 1 heterocycles. The van der Waals surface area contributed by atoms with E-state index in [1.165, 1.54) is 12.1 Å². The maximum Gasteiger partial charge on any atom is 0.228 e. The number of carbonyl (C=O) groups excluding carboxylic acids is 1. The topological polar surface area (TPSA) is 68.5 Å². The zero-order valence-corrected chi connectivity index (χ0v) is 17.3. The molecule has 0 atom stereocenters. The highest BCUT2D eigenvalue weighted by atomic mass is 19.1. The molecule has 0 fully saturated rings. The number of benzene rings is 2. The lowest BCUT2D eigenvalue weighted by Crippen LogP contribution is -2.35. The highest BCUT2D eigenvalue weighted by molar-refractivity contribution is 5.78. The van der Waals surface area contributed by atoms with Crippen LogP contribution in [0.15, 0.2) is 53.1 Å². The molecule has 6 nitrogen and oxygen atoms in total. The van der Waals surface area contributed by atoms with Crippen molar-refractivity contribution in [2.75, 3.05) is 20.2 Å². The smallest absolute Gasteiger partial charge is 0.228 e. The average Bonchev–Trinajstić information content (AvgIpc) is 3.24. The molecule has 0 saturated heterocycles. The number of hydrogen-bond acceptors (Lipinski definition) is 5. The van der Waals surface area contributed by atoms with Gasteiger partial charge in [0.25, 0.3) is 0 Å². The van der Waals surface area contributed by atoms with Crippen LogP contribution in [0, 0.1) is 5.82 Å². The second-order valence-electron chi connectivity index (χ2n) is 7.03. The van der Waals surface area contributed by atoms with Gasteiger partial charge in [0.05, 0.1) is 13.5 Å². The van der Waals surface area contributed by atoms with Gasteiger partial charge in [-0.15, -0.1) is 0 Å². The van der Waals surface area contributed by atoms with Crippen molar-refractivity contribution in [2.24, 2.45) is 0 Å². The Morgan fingerprint density at radius 3 is 2.70 bits per heavy atom. The van der Waals surface area contributed by atoms with Crippen LogP contribution in [0.4, 0.5) is 4.39 Å². The third-order valence-corrected chi connectivity index (χ3v) is 4.79. The van der Waals surface area contributed by atoms with Gasteiger partial charge >= 0.3 is 0 Å². The van der Waals surface area contributed by atoms with Gasteiger partial charge in [-0.3, -0.25) is 4.79 Å². The molecule has 158 valence electrons. The predicted molar refractivity (Wildman–Crippen MR) is 112 cm³/mol. The molecule has 0 aliphatic rings. The SMILES string of the molecule is CCCCN(CCc1nc(-c2cccc(OC)c2)no1)C(=O)Cc1ccc(F)cc1. The van der Waals surface area contributed by atoms with E-state index in [0.717, 1.165) is 29.7 Å². The number of unbranched alkanes of at least 4 members (excludes halogenated alkanes) is 1. The average molecular weight is 411 g/mol. The predicted octanol–water partition coefficient (Wildman–Crippen LogP) is 4.30. The van der Waals surface area contributed by atoms with Crippen LogP contribution in [-0.2, 0) is 17.6 Å². The van der Waals surface area contributed by atoms with Gasteiger partial charge in [-0.25, -0.2) is 4.39 Å². The molecule has 0 bridgehead atoms. The van der Waals surface area contributed by atoms with Crippen LogP contribution in [0.5, 0.6) is 5.75 Å². The van der Waals surface area contributed by atoms with Crippen LogP contribution in [0.3, 0.4) is 0 Å². The van der Waals surface area contributed by atoms with E-state index in [1.807, 2.05) is 29.2 Å². The van der Waals surface area contributed by atoms with Crippen LogP contribution in [0.2, 0.25) is 0 Å². The van der Waals surface area contributed by atoms with E-state index < -0.39 is 0 Å². The maximum atomic E-state index is 13.1. The van der Waals surface area contributed by atoms with Crippen LogP contribution >= 0.6 is 0 Å². The van der Waals surface area contributed by atoms with Crippen molar-refractivity contribution >= 4 is 5.91 Å². The van der Waals surface area contributed by atoms with E-state index in [0.29, 0.717) is 31.2 Å². The molecule has 1 amide bonds. The van der Waals surface area contributed by atoms with Crippen molar-refractivity contribution in [2.45, 2.75) is 32.6 Å². The number of halogens is 1. The second-order valence-corrected chi connectivity index (χ2v) is 7.03. The molecule has 1 aromatic heterocycles. The van der Waals surface area contributed by atoms with E-state index in [1.54, 1.807) is 19.2 Å². The Kier molecular flexibility index (Phi) is 7.54. The zero-order chi connectivity index (χ0) is 21.3. The van der Waals surface area contributed by atoms with Crippen molar-refractivity contribution in [3.8, 4) is 17.1 Å². The summed E-state index contributed by atoms with van der Waals surface area (Å²) in [6.45, 7) is 3.23. The van der Waals surface area contributed by atoms with Crippen molar-refractivity contribution < 1.29 is 18.4 Å². The summed E-state index contributed by atoms with van der Waals surface area (Å²) in [5.41, 5.74) is 1.60. The molecule has 0 saturated carbocycles. The van der Waals surface area contributed by atoms with E-state index in [-0.39, 0.29) is 18.1 Å². The first kappa shape index (κ1) is 21.5. The third-order valence-electron chi connectivity index (χ3n) is 4.79. The number of hydrogen-bond donors (Lipinski definition) is 0. The summed E-state index contributed by atoms with van der Waals surface area (Å²) in [6, 6.07) is 13.5. The summed E-state index contributed by atoms with van der Waals surface area (Å²) in [7, 11) is 1.61. The third kappa shape index (κ3) is 5.89. The number of aromatic nitrogens is 2. The largest absolute Gasteiger partial charge is 0.497 e. The van der Waals surface area contributed by atoms with Crippen LogP contribution in [0.1, 0.15) is 31.2 Å². The van der Waals surface area contributed by atoms with Gasteiger partial charge in [0.15, 0.2) is 0 Å². The molecule has 3 rings (SSSR count). The lowest BCUT2D eigenvalue weighted by Gasteiger charge is -2.22. The standard InChI is InChI=1S/C23H26FN3O3/c1-3-4-13-27(22(28)15-17-8-10-19(24)11-9-17)14-12-21-25-23(26-30-21)18-6-5-7-20(16-18)29-2/h5-11,16H,3-4,12-15H2,1-2H3. The van der Waals surface area contributed by atoms with Gasteiger partial charge in [0.1, 0.15) is 11.6 Å². The molecule has 0 aliphatic heterocycles. The lowest BCUT2D eigenvalue weighted by atomic mass is 10.1. The van der Waals surface area contributed by atoms with Gasteiger partial charge in [-0.05, 0) is 36.2 Å². The van der Waals surface area contributed by atoms with Gasteiger partial charge in [0, 0.05) is 25.1 Å². The zero-order valence-electron chi connectivity index (χ0n) is 17.3. The number of nitrogens with zero attached hydrogens (tertiary/aromatic N) is 3. The van der Waals surface area contributed by atoms with Gasteiger partial charge in [-0.2, -0.15) is 4.98 Å². The molecule has 3 aromatic rings. The minimum Gasteiger partial charge on any atom is -0.497 e. The molecule has 30 heavy (non-hydrogen) atoms. The number of amides is 1. The highest BCUT2D eigenvalue weighted by Crippen LogP contribution is 2.21. The molecule has 0 spiro atoms. The first-order valence-corrected chi connectivity index (χ1v) is 10.1. The summed E-state index contributed by atoms with van der Waals surface area (Å²) < 4.78 is 23.7. The summed E-state index contributed by atoms with van der Waals surface area (Å²) >= 11 is 0. The number of rotatable bonds is 10.